The number of aryl methyl sites for hydroxylation is 1. The largest absolute Gasteiger partial charge is 0.332 e. The molecule has 168 valence electrons. The number of rotatable bonds is 11. The summed E-state index contributed by atoms with van der Waals surface area (Å²) in [5, 5.41) is 0. The lowest BCUT2D eigenvalue weighted by atomic mass is 10.2. The topological polar surface area (TPSA) is 57.7 Å². The number of thiophene rings is 1. The molecule has 7 heteroatoms. The van der Waals surface area contributed by atoms with Crippen molar-refractivity contribution in [1.82, 2.24) is 9.21 Å². The zero-order valence-electron chi connectivity index (χ0n) is 18.2. The predicted octanol–water partition coefficient (Wildman–Crippen LogP) is 4.60. The highest BCUT2D eigenvalue weighted by atomic mass is 32.2. The molecule has 2 aromatic carbocycles. The first-order valence-corrected chi connectivity index (χ1v) is 12.8. The van der Waals surface area contributed by atoms with E-state index in [9.17, 15) is 13.2 Å². The van der Waals surface area contributed by atoms with Gasteiger partial charge < -0.3 is 4.90 Å². The molecule has 0 unspecified atom stereocenters. The van der Waals surface area contributed by atoms with E-state index >= 15 is 0 Å². The van der Waals surface area contributed by atoms with Crippen LogP contribution in [0.25, 0.3) is 0 Å². The van der Waals surface area contributed by atoms with E-state index in [0.717, 1.165) is 10.4 Å². The van der Waals surface area contributed by atoms with E-state index < -0.39 is 10.0 Å². The summed E-state index contributed by atoms with van der Waals surface area (Å²) >= 11 is 1.64. The van der Waals surface area contributed by atoms with Gasteiger partial charge in [-0.15, -0.1) is 17.9 Å². The molecule has 0 aliphatic rings. The average Bonchev–Trinajstić information content (AvgIpc) is 3.18. The number of amides is 1. The Bertz CT molecular complexity index is 1130. The maximum atomic E-state index is 13.3. The standard InChI is InChI=1S/C25H28N2O3S2/c1-3-16-27(32(29,30)20-23-12-8-5-9-13-23)19-25(28)26(17-22-10-6-4-7-11-22)18-24-15-14-21(2)31-24/h3-15H,1,16-20H2,2H3. The highest BCUT2D eigenvalue weighted by Crippen LogP contribution is 2.19. The second-order valence-electron chi connectivity index (χ2n) is 7.57. The van der Waals surface area contributed by atoms with Crippen LogP contribution in [-0.4, -0.2) is 36.6 Å². The van der Waals surface area contributed by atoms with Gasteiger partial charge in [-0.1, -0.05) is 66.7 Å². The molecule has 3 rings (SSSR count). The maximum Gasteiger partial charge on any atom is 0.238 e. The second kappa shape index (κ2) is 11.2. The Kier molecular flexibility index (Phi) is 8.39. The number of sulfonamides is 1. The van der Waals surface area contributed by atoms with Crippen molar-refractivity contribution in [3.63, 3.8) is 0 Å². The molecule has 0 saturated carbocycles. The number of nitrogens with zero attached hydrogens (tertiary/aromatic N) is 2. The first-order valence-electron chi connectivity index (χ1n) is 10.4. The van der Waals surface area contributed by atoms with Crippen LogP contribution < -0.4 is 0 Å². The van der Waals surface area contributed by atoms with Crippen molar-refractivity contribution in [1.29, 1.82) is 0 Å². The molecule has 1 amide bonds. The normalized spacial score (nSPS) is 11.4. The second-order valence-corrected chi connectivity index (χ2v) is 10.9. The Labute approximate surface area is 194 Å². The van der Waals surface area contributed by atoms with Crippen LogP contribution in [0.2, 0.25) is 0 Å². The highest BCUT2D eigenvalue weighted by molar-refractivity contribution is 7.88. The summed E-state index contributed by atoms with van der Waals surface area (Å²) in [6, 6.07) is 22.8. The number of carbonyl (C=O) groups is 1. The van der Waals surface area contributed by atoms with E-state index in [1.54, 1.807) is 40.5 Å². The molecule has 0 radical (unpaired) electrons. The zero-order chi connectivity index (χ0) is 23.0. The van der Waals surface area contributed by atoms with Crippen LogP contribution in [0.1, 0.15) is 20.9 Å². The van der Waals surface area contributed by atoms with E-state index in [1.165, 1.54) is 15.3 Å². The van der Waals surface area contributed by atoms with Crippen LogP contribution >= 0.6 is 11.3 Å². The van der Waals surface area contributed by atoms with Gasteiger partial charge in [-0.05, 0) is 30.2 Å². The fraction of sp³-hybridized carbons (Fsp3) is 0.240. The van der Waals surface area contributed by atoms with Crippen molar-refractivity contribution in [2.45, 2.75) is 25.8 Å². The van der Waals surface area contributed by atoms with Gasteiger partial charge in [0, 0.05) is 22.8 Å². The third-order valence-corrected chi connectivity index (χ3v) is 7.69. The molecular weight excluding hydrogens is 440 g/mol. The van der Waals surface area contributed by atoms with Crippen molar-refractivity contribution < 1.29 is 13.2 Å². The highest BCUT2D eigenvalue weighted by Gasteiger charge is 2.26. The van der Waals surface area contributed by atoms with E-state index in [4.69, 9.17) is 0 Å². The molecule has 32 heavy (non-hydrogen) atoms. The van der Waals surface area contributed by atoms with E-state index in [2.05, 4.69) is 6.58 Å². The molecule has 3 aromatic rings. The van der Waals surface area contributed by atoms with Crippen molar-refractivity contribution in [2.75, 3.05) is 13.1 Å². The predicted molar refractivity (Wildman–Crippen MR) is 131 cm³/mol. The first-order chi connectivity index (χ1) is 15.4. The third-order valence-electron chi connectivity index (χ3n) is 4.94. The molecule has 0 fully saturated rings. The van der Waals surface area contributed by atoms with E-state index in [0.29, 0.717) is 18.7 Å². The van der Waals surface area contributed by atoms with Crippen LogP contribution in [0.4, 0.5) is 0 Å². The Morgan fingerprint density at radius 1 is 0.938 bits per heavy atom. The van der Waals surface area contributed by atoms with Crippen molar-refractivity contribution >= 4 is 27.3 Å². The van der Waals surface area contributed by atoms with Crippen molar-refractivity contribution in [3.05, 3.63) is 106 Å². The average molecular weight is 469 g/mol. The van der Waals surface area contributed by atoms with Crippen molar-refractivity contribution in [3.8, 4) is 0 Å². The van der Waals surface area contributed by atoms with Gasteiger partial charge in [-0.2, -0.15) is 4.31 Å². The number of hydrogen-bond acceptors (Lipinski definition) is 4. The summed E-state index contributed by atoms with van der Waals surface area (Å²) in [6.07, 6.45) is 1.51. The molecule has 0 spiro atoms. The van der Waals surface area contributed by atoms with Crippen LogP contribution in [0.15, 0.2) is 85.5 Å². The minimum atomic E-state index is -3.69. The fourth-order valence-electron chi connectivity index (χ4n) is 3.34. The Morgan fingerprint density at radius 3 is 2.12 bits per heavy atom. The van der Waals surface area contributed by atoms with Gasteiger partial charge in [0.25, 0.3) is 0 Å². The van der Waals surface area contributed by atoms with Gasteiger partial charge in [0.15, 0.2) is 0 Å². The van der Waals surface area contributed by atoms with Crippen LogP contribution in [0.3, 0.4) is 0 Å². The minimum Gasteiger partial charge on any atom is -0.332 e. The SMILES string of the molecule is C=CCN(CC(=O)N(Cc1ccccc1)Cc1ccc(C)s1)S(=O)(=O)Cc1ccccc1. The molecule has 0 aliphatic carbocycles. The summed E-state index contributed by atoms with van der Waals surface area (Å²) in [5.74, 6) is -0.393. The van der Waals surface area contributed by atoms with Gasteiger partial charge in [-0.25, -0.2) is 8.42 Å². The molecule has 0 saturated heterocycles. The monoisotopic (exact) mass is 468 g/mol. The molecule has 0 N–H and O–H groups in total. The van der Waals surface area contributed by atoms with E-state index in [1.807, 2.05) is 55.5 Å². The minimum absolute atomic E-state index is 0.0815. The Balaban J connectivity index is 1.80. The van der Waals surface area contributed by atoms with Crippen LogP contribution in [0, 0.1) is 6.92 Å². The van der Waals surface area contributed by atoms with Gasteiger partial charge >= 0.3 is 0 Å². The summed E-state index contributed by atoms with van der Waals surface area (Å²) in [4.78, 5) is 17.3. The summed E-state index contributed by atoms with van der Waals surface area (Å²) in [5.41, 5.74) is 1.68. The molecule has 0 aliphatic heterocycles. The fourth-order valence-corrected chi connectivity index (χ4v) is 5.68. The molecule has 0 atom stereocenters. The summed E-state index contributed by atoms with van der Waals surface area (Å²) < 4.78 is 27.4. The lowest BCUT2D eigenvalue weighted by molar-refractivity contribution is -0.132. The Hall–Kier alpha value is -2.74. The zero-order valence-corrected chi connectivity index (χ0v) is 19.8. The molecule has 1 aromatic heterocycles. The molecule has 1 heterocycles. The lowest BCUT2D eigenvalue weighted by Gasteiger charge is -2.26. The maximum absolute atomic E-state index is 13.3. The third kappa shape index (κ3) is 6.88. The van der Waals surface area contributed by atoms with Gasteiger partial charge in [0.05, 0.1) is 18.8 Å². The number of carbonyl (C=O) groups excluding carboxylic acids is 1. The smallest absolute Gasteiger partial charge is 0.238 e. The van der Waals surface area contributed by atoms with Crippen LogP contribution in [0.5, 0.6) is 0 Å². The first kappa shape index (κ1) is 23.9. The molecule has 0 bridgehead atoms. The molecular formula is C25H28N2O3S2. The Morgan fingerprint density at radius 2 is 1.56 bits per heavy atom. The number of hydrogen-bond donors (Lipinski definition) is 0. The number of benzene rings is 2. The summed E-state index contributed by atoms with van der Waals surface area (Å²) in [6.45, 7) is 6.42. The lowest BCUT2D eigenvalue weighted by Crippen LogP contribution is -2.42. The van der Waals surface area contributed by atoms with Gasteiger partial charge in [-0.3, -0.25) is 4.79 Å². The summed E-state index contributed by atoms with van der Waals surface area (Å²) in [7, 11) is -3.69. The van der Waals surface area contributed by atoms with Gasteiger partial charge in [0.1, 0.15) is 0 Å². The van der Waals surface area contributed by atoms with Gasteiger partial charge in [0.2, 0.25) is 15.9 Å². The van der Waals surface area contributed by atoms with Crippen molar-refractivity contribution in [2.24, 2.45) is 0 Å². The molecule has 5 nitrogen and oxygen atoms in total. The van der Waals surface area contributed by atoms with Crippen LogP contribution in [-0.2, 0) is 33.7 Å². The quantitative estimate of drug-likeness (QED) is 0.386. The van der Waals surface area contributed by atoms with E-state index in [-0.39, 0.29) is 24.7 Å².